The minimum absolute atomic E-state index is 0.584. The first-order chi connectivity index (χ1) is 6.76. The lowest BCUT2D eigenvalue weighted by Crippen LogP contribution is -1.91. The van der Waals surface area contributed by atoms with E-state index < -0.39 is 0 Å². The summed E-state index contributed by atoms with van der Waals surface area (Å²) < 4.78 is 10.5. The van der Waals surface area contributed by atoms with E-state index in [2.05, 4.69) is 6.58 Å². The van der Waals surface area contributed by atoms with Crippen molar-refractivity contribution in [3.8, 4) is 11.5 Å². The van der Waals surface area contributed by atoms with E-state index in [1.54, 1.807) is 19.2 Å². The topological polar surface area (TPSA) is 35.5 Å². The molecule has 3 nitrogen and oxygen atoms in total. The Morgan fingerprint density at radius 3 is 3.00 bits per heavy atom. The number of carbonyl (C=O) groups excluding carboxylic acids is 1. The summed E-state index contributed by atoms with van der Waals surface area (Å²) in [6.07, 6.45) is 1.40. The van der Waals surface area contributed by atoms with E-state index in [4.69, 9.17) is 9.47 Å². The molecule has 14 heavy (non-hydrogen) atoms. The minimum atomic E-state index is 0.584. The number of hydrogen-bond acceptors (Lipinski definition) is 3. The first-order valence-electron chi connectivity index (χ1n) is 4.27. The Kier molecular flexibility index (Phi) is 2.00. The number of hydrogen-bond donors (Lipinski definition) is 0. The van der Waals surface area contributed by atoms with Crippen LogP contribution in [0.25, 0.3) is 0 Å². The van der Waals surface area contributed by atoms with Crippen LogP contribution in [0.3, 0.4) is 0 Å². The molecule has 0 aromatic heterocycles. The Balaban J connectivity index is 2.61. The normalized spacial score (nSPS) is 13.4. The Morgan fingerprint density at radius 1 is 1.57 bits per heavy atom. The van der Waals surface area contributed by atoms with Gasteiger partial charge in [-0.1, -0.05) is 6.58 Å². The summed E-state index contributed by atoms with van der Waals surface area (Å²) in [7, 11) is 1.57. The highest BCUT2D eigenvalue weighted by molar-refractivity contribution is 5.80. The molecule has 72 valence electrons. The van der Waals surface area contributed by atoms with Crippen LogP contribution < -0.4 is 9.47 Å². The van der Waals surface area contributed by atoms with Crippen LogP contribution in [0, 0.1) is 0 Å². The highest BCUT2D eigenvalue weighted by Gasteiger charge is 2.23. The van der Waals surface area contributed by atoms with Gasteiger partial charge in [-0.05, 0) is 12.1 Å². The maximum absolute atomic E-state index is 10.7. The zero-order valence-electron chi connectivity index (χ0n) is 7.87. The molecule has 0 spiro atoms. The van der Waals surface area contributed by atoms with E-state index in [0.717, 1.165) is 11.8 Å². The Morgan fingerprint density at radius 2 is 2.36 bits per heavy atom. The highest BCUT2D eigenvalue weighted by atomic mass is 16.5. The predicted molar refractivity (Wildman–Crippen MR) is 51.9 cm³/mol. The Bertz CT molecular complexity index is 407. The first-order valence-corrected chi connectivity index (χ1v) is 4.27. The van der Waals surface area contributed by atoms with Crippen LogP contribution in [0.2, 0.25) is 0 Å². The molecule has 0 amide bonds. The molecule has 1 aliphatic rings. The summed E-state index contributed by atoms with van der Waals surface area (Å²) in [4.78, 5) is 10.7. The number of methoxy groups -OCH3 is 1. The third-order valence-corrected chi connectivity index (χ3v) is 2.23. The second kappa shape index (κ2) is 3.18. The van der Waals surface area contributed by atoms with Crippen molar-refractivity contribution in [1.29, 1.82) is 0 Å². The van der Waals surface area contributed by atoms with E-state index in [1.807, 2.05) is 0 Å². The smallest absolute Gasteiger partial charge is 0.173 e. The zero-order valence-corrected chi connectivity index (χ0v) is 7.87. The maximum atomic E-state index is 10.7. The second-order valence-electron chi connectivity index (χ2n) is 3.10. The number of fused-ring (bicyclic) bond motifs is 1. The molecule has 1 heterocycles. The van der Waals surface area contributed by atoms with Crippen LogP contribution in [0.5, 0.6) is 11.5 Å². The summed E-state index contributed by atoms with van der Waals surface area (Å²) in [5, 5.41) is 0. The second-order valence-corrected chi connectivity index (χ2v) is 3.10. The lowest BCUT2D eigenvalue weighted by atomic mass is 10.1. The Hall–Kier alpha value is -1.77. The monoisotopic (exact) mass is 190 g/mol. The van der Waals surface area contributed by atoms with Gasteiger partial charge in [-0.3, -0.25) is 4.79 Å². The third-order valence-electron chi connectivity index (χ3n) is 2.23. The average Bonchev–Trinajstić information content (AvgIpc) is 2.57. The fourth-order valence-electron chi connectivity index (χ4n) is 1.56. The SMILES string of the molecule is C=C1Cc2c(C=O)ccc(OC)c2O1. The van der Waals surface area contributed by atoms with Gasteiger partial charge in [0.05, 0.1) is 7.11 Å². The molecule has 1 aromatic rings. The fourth-order valence-corrected chi connectivity index (χ4v) is 1.56. The van der Waals surface area contributed by atoms with Crippen LogP contribution in [-0.2, 0) is 6.42 Å². The minimum Gasteiger partial charge on any atom is -0.493 e. The molecule has 0 saturated carbocycles. The van der Waals surface area contributed by atoms with Gasteiger partial charge in [0.2, 0.25) is 0 Å². The van der Waals surface area contributed by atoms with Gasteiger partial charge >= 0.3 is 0 Å². The molecule has 3 heteroatoms. The molecular formula is C11H10O3. The van der Waals surface area contributed by atoms with Gasteiger partial charge in [0.15, 0.2) is 11.5 Å². The zero-order chi connectivity index (χ0) is 10.1. The van der Waals surface area contributed by atoms with E-state index in [9.17, 15) is 4.79 Å². The van der Waals surface area contributed by atoms with Gasteiger partial charge in [-0.25, -0.2) is 0 Å². The third kappa shape index (κ3) is 1.18. The van der Waals surface area contributed by atoms with Gasteiger partial charge < -0.3 is 9.47 Å². The van der Waals surface area contributed by atoms with E-state index >= 15 is 0 Å². The van der Waals surface area contributed by atoms with Crippen molar-refractivity contribution in [1.82, 2.24) is 0 Å². The maximum Gasteiger partial charge on any atom is 0.173 e. The summed E-state index contributed by atoms with van der Waals surface area (Å²) in [6.45, 7) is 3.73. The van der Waals surface area contributed by atoms with Crippen molar-refractivity contribution in [2.45, 2.75) is 6.42 Å². The van der Waals surface area contributed by atoms with Crippen molar-refractivity contribution >= 4 is 6.29 Å². The highest BCUT2D eigenvalue weighted by Crippen LogP contribution is 2.40. The van der Waals surface area contributed by atoms with E-state index in [1.165, 1.54) is 0 Å². The molecule has 0 N–H and O–H groups in total. The van der Waals surface area contributed by atoms with Crippen molar-refractivity contribution in [2.75, 3.05) is 7.11 Å². The number of aldehydes is 1. The average molecular weight is 190 g/mol. The van der Waals surface area contributed by atoms with E-state index in [-0.39, 0.29) is 0 Å². The number of ether oxygens (including phenoxy) is 2. The van der Waals surface area contributed by atoms with Crippen molar-refractivity contribution in [2.24, 2.45) is 0 Å². The molecule has 2 rings (SSSR count). The van der Waals surface area contributed by atoms with Crippen molar-refractivity contribution < 1.29 is 14.3 Å². The van der Waals surface area contributed by atoms with Gasteiger partial charge in [-0.15, -0.1) is 0 Å². The van der Waals surface area contributed by atoms with Crippen LogP contribution in [-0.4, -0.2) is 13.4 Å². The molecule has 0 fully saturated rings. The number of carbonyl (C=O) groups is 1. The molecule has 0 unspecified atom stereocenters. The van der Waals surface area contributed by atoms with Crippen LogP contribution in [0.4, 0.5) is 0 Å². The van der Waals surface area contributed by atoms with Crippen molar-refractivity contribution in [3.05, 3.63) is 35.6 Å². The molecule has 0 radical (unpaired) electrons. The Labute approximate surface area is 81.9 Å². The predicted octanol–water partition coefficient (Wildman–Crippen LogP) is 1.96. The molecular weight excluding hydrogens is 180 g/mol. The van der Waals surface area contributed by atoms with Gasteiger partial charge in [0.25, 0.3) is 0 Å². The molecule has 0 atom stereocenters. The molecule has 1 aromatic carbocycles. The lowest BCUT2D eigenvalue weighted by Gasteiger charge is -2.06. The fraction of sp³-hybridized carbons (Fsp3) is 0.182. The van der Waals surface area contributed by atoms with Gasteiger partial charge in [0, 0.05) is 17.5 Å². The van der Waals surface area contributed by atoms with Crippen molar-refractivity contribution in [3.63, 3.8) is 0 Å². The number of rotatable bonds is 2. The lowest BCUT2D eigenvalue weighted by molar-refractivity contribution is 0.112. The van der Waals surface area contributed by atoms with Crippen LogP contribution in [0.1, 0.15) is 15.9 Å². The van der Waals surface area contributed by atoms with E-state index in [0.29, 0.717) is 29.2 Å². The molecule has 0 aliphatic carbocycles. The molecule has 0 saturated heterocycles. The summed E-state index contributed by atoms with van der Waals surface area (Å²) >= 11 is 0. The summed E-state index contributed by atoms with van der Waals surface area (Å²) in [5.74, 6) is 1.92. The van der Waals surface area contributed by atoms with Crippen LogP contribution in [0.15, 0.2) is 24.5 Å². The number of benzene rings is 1. The van der Waals surface area contributed by atoms with Gasteiger partial charge in [-0.2, -0.15) is 0 Å². The summed E-state index contributed by atoms with van der Waals surface area (Å²) in [5.41, 5.74) is 1.50. The molecule has 0 bridgehead atoms. The number of allylic oxidation sites excluding steroid dienone is 1. The van der Waals surface area contributed by atoms with Gasteiger partial charge in [0.1, 0.15) is 12.0 Å². The quantitative estimate of drug-likeness (QED) is 0.669. The van der Waals surface area contributed by atoms with Crippen LogP contribution >= 0.6 is 0 Å². The summed E-state index contributed by atoms with van der Waals surface area (Å²) in [6, 6.07) is 3.45. The largest absolute Gasteiger partial charge is 0.493 e. The molecule has 1 aliphatic heterocycles. The first kappa shape index (κ1) is 8.81. The standard InChI is InChI=1S/C11H10O3/c1-7-5-9-8(6-12)3-4-10(13-2)11(9)14-7/h3-4,6H,1,5H2,2H3.